The number of anilines is 1. The topological polar surface area (TPSA) is 73.0 Å². The van der Waals surface area contributed by atoms with E-state index in [1.165, 1.54) is 6.33 Å². The van der Waals surface area contributed by atoms with Gasteiger partial charge in [-0.15, -0.1) is 0 Å². The molecule has 0 unspecified atom stereocenters. The number of carbonyl (C=O) groups excluding carboxylic acids is 1. The Kier molecular flexibility index (Phi) is 3.77. The first-order chi connectivity index (χ1) is 10.3. The van der Waals surface area contributed by atoms with Gasteiger partial charge in [-0.25, -0.2) is 9.67 Å². The molecule has 0 radical (unpaired) electrons. The van der Waals surface area contributed by atoms with Crippen LogP contribution in [0.15, 0.2) is 59.7 Å². The lowest BCUT2D eigenvalue weighted by Gasteiger charge is -2.06. The molecule has 0 aliphatic rings. The van der Waals surface area contributed by atoms with Gasteiger partial charge in [-0.2, -0.15) is 5.10 Å². The van der Waals surface area contributed by atoms with Crippen molar-refractivity contribution in [2.75, 3.05) is 5.32 Å². The van der Waals surface area contributed by atoms with Crippen molar-refractivity contribution in [1.82, 2.24) is 14.8 Å². The summed E-state index contributed by atoms with van der Waals surface area (Å²) in [4.78, 5) is 15.7. The summed E-state index contributed by atoms with van der Waals surface area (Å²) >= 11 is 0. The third-order valence-corrected chi connectivity index (χ3v) is 3.01. The number of amides is 1. The zero-order valence-corrected chi connectivity index (χ0v) is 11.3. The van der Waals surface area contributed by atoms with Gasteiger partial charge in [0.05, 0.1) is 12.0 Å². The fourth-order valence-corrected chi connectivity index (χ4v) is 1.95. The Hall–Kier alpha value is -2.89. The molecule has 0 aliphatic heterocycles. The summed E-state index contributed by atoms with van der Waals surface area (Å²) in [6.45, 7) is 0. The Bertz CT molecular complexity index is 688. The van der Waals surface area contributed by atoms with E-state index in [1.54, 1.807) is 17.3 Å². The molecule has 3 rings (SSSR count). The summed E-state index contributed by atoms with van der Waals surface area (Å²) in [5.74, 6) is 0.770. The molecular weight excluding hydrogens is 268 g/mol. The molecule has 2 heterocycles. The van der Waals surface area contributed by atoms with Crippen LogP contribution in [0.4, 0.5) is 5.69 Å². The van der Waals surface area contributed by atoms with Crippen molar-refractivity contribution in [3.05, 3.63) is 61.1 Å². The highest BCUT2D eigenvalue weighted by molar-refractivity contribution is 5.90. The minimum atomic E-state index is -0.0418. The smallest absolute Gasteiger partial charge is 0.224 e. The van der Waals surface area contributed by atoms with Gasteiger partial charge >= 0.3 is 0 Å². The van der Waals surface area contributed by atoms with Crippen LogP contribution in [-0.4, -0.2) is 20.7 Å². The van der Waals surface area contributed by atoms with Gasteiger partial charge in [0.2, 0.25) is 5.91 Å². The van der Waals surface area contributed by atoms with Crippen LogP contribution in [0.2, 0.25) is 0 Å². The van der Waals surface area contributed by atoms with Crippen LogP contribution in [0.1, 0.15) is 12.2 Å². The molecule has 0 aliphatic carbocycles. The van der Waals surface area contributed by atoms with Crippen molar-refractivity contribution < 1.29 is 9.21 Å². The highest BCUT2D eigenvalue weighted by Crippen LogP contribution is 2.13. The predicted octanol–water partition coefficient (Wildman–Crippen LogP) is 2.43. The third-order valence-electron chi connectivity index (χ3n) is 3.01. The third kappa shape index (κ3) is 3.36. The molecule has 0 fully saturated rings. The number of aryl methyl sites for hydroxylation is 1. The first kappa shape index (κ1) is 13.1. The number of rotatable bonds is 5. The van der Waals surface area contributed by atoms with Gasteiger partial charge < -0.3 is 9.73 Å². The van der Waals surface area contributed by atoms with Gasteiger partial charge in [0.25, 0.3) is 0 Å². The van der Waals surface area contributed by atoms with E-state index in [-0.39, 0.29) is 5.91 Å². The number of furan rings is 1. The minimum absolute atomic E-state index is 0.0418. The van der Waals surface area contributed by atoms with Crippen molar-refractivity contribution in [2.24, 2.45) is 0 Å². The Balaban J connectivity index is 1.56. The van der Waals surface area contributed by atoms with E-state index < -0.39 is 0 Å². The van der Waals surface area contributed by atoms with Gasteiger partial charge in [-0.1, -0.05) is 0 Å². The average molecular weight is 282 g/mol. The Morgan fingerprint density at radius 2 is 2.10 bits per heavy atom. The zero-order chi connectivity index (χ0) is 14.5. The molecule has 0 spiro atoms. The van der Waals surface area contributed by atoms with E-state index in [0.717, 1.165) is 17.1 Å². The number of benzene rings is 1. The number of nitrogens with one attached hydrogen (secondary N) is 1. The highest BCUT2D eigenvalue weighted by Gasteiger charge is 2.05. The molecule has 6 heteroatoms. The minimum Gasteiger partial charge on any atom is -0.469 e. The lowest BCUT2D eigenvalue weighted by Crippen LogP contribution is -2.12. The second-order valence-electron chi connectivity index (χ2n) is 4.51. The van der Waals surface area contributed by atoms with Crippen LogP contribution >= 0.6 is 0 Å². The van der Waals surface area contributed by atoms with Crippen LogP contribution in [0.3, 0.4) is 0 Å². The van der Waals surface area contributed by atoms with Gasteiger partial charge in [0, 0.05) is 18.5 Å². The van der Waals surface area contributed by atoms with Gasteiger partial charge in [-0.3, -0.25) is 4.79 Å². The maximum Gasteiger partial charge on any atom is 0.224 e. The largest absolute Gasteiger partial charge is 0.469 e. The van der Waals surface area contributed by atoms with E-state index in [2.05, 4.69) is 15.4 Å². The second kappa shape index (κ2) is 6.04. The fourth-order valence-electron chi connectivity index (χ4n) is 1.95. The molecule has 106 valence electrons. The average Bonchev–Trinajstić information content (AvgIpc) is 3.19. The summed E-state index contributed by atoms with van der Waals surface area (Å²) in [7, 11) is 0. The first-order valence-electron chi connectivity index (χ1n) is 6.58. The summed E-state index contributed by atoms with van der Waals surface area (Å²) in [5.41, 5.74) is 1.64. The maximum atomic E-state index is 11.8. The highest BCUT2D eigenvalue weighted by atomic mass is 16.3. The molecule has 3 aromatic rings. The van der Waals surface area contributed by atoms with Crippen molar-refractivity contribution in [2.45, 2.75) is 12.8 Å². The molecule has 0 saturated heterocycles. The quantitative estimate of drug-likeness (QED) is 0.780. The SMILES string of the molecule is O=C(CCc1ccco1)Nc1ccc(-n2cncn2)cc1. The lowest BCUT2D eigenvalue weighted by molar-refractivity contribution is -0.116. The van der Waals surface area contributed by atoms with Crippen LogP contribution in [0.5, 0.6) is 0 Å². The summed E-state index contributed by atoms with van der Waals surface area (Å²) in [6, 6.07) is 11.1. The number of nitrogens with zero attached hydrogens (tertiary/aromatic N) is 3. The van der Waals surface area contributed by atoms with Crippen LogP contribution in [0, 0.1) is 0 Å². The molecule has 1 N–H and O–H groups in total. The van der Waals surface area contributed by atoms with E-state index in [4.69, 9.17) is 4.42 Å². The van der Waals surface area contributed by atoms with Crippen LogP contribution in [0.25, 0.3) is 5.69 Å². The standard InChI is InChI=1S/C15H14N4O2/c20-15(8-7-14-2-1-9-21-14)18-12-3-5-13(6-4-12)19-11-16-10-17-19/h1-6,9-11H,7-8H2,(H,18,20). The number of aromatic nitrogens is 3. The van der Waals surface area contributed by atoms with Crippen LogP contribution < -0.4 is 5.32 Å². The number of hydrogen-bond acceptors (Lipinski definition) is 4. The van der Waals surface area contributed by atoms with Crippen molar-refractivity contribution in [3.8, 4) is 5.69 Å². The molecule has 1 amide bonds. The monoisotopic (exact) mass is 282 g/mol. The van der Waals surface area contributed by atoms with Gasteiger partial charge in [0.1, 0.15) is 18.4 Å². The Labute approximate surface area is 121 Å². The fraction of sp³-hybridized carbons (Fsp3) is 0.133. The molecule has 21 heavy (non-hydrogen) atoms. The van der Waals surface area contributed by atoms with E-state index in [1.807, 2.05) is 36.4 Å². The molecular formula is C15H14N4O2. The van der Waals surface area contributed by atoms with E-state index >= 15 is 0 Å². The molecule has 6 nitrogen and oxygen atoms in total. The predicted molar refractivity (Wildman–Crippen MR) is 77.0 cm³/mol. The molecule has 2 aromatic heterocycles. The molecule has 0 saturated carbocycles. The Morgan fingerprint density at radius 3 is 2.76 bits per heavy atom. The second-order valence-corrected chi connectivity index (χ2v) is 4.51. The number of carbonyl (C=O) groups is 1. The van der Waals surface area contributed by atoms with Crippen molar-refractivity contribution in [3.63, 3.8) is 0 Å². The van der Waals surface area contributed by atoms with Crippen LogP contribution in [-0.2, 0) is 11.2 Å². The summed E-state index contributed by atoms with van der Waals surface area (Å²) in [5, 5.41) is 6.89. The van der Waals surface area contributed by atoms with Crippen molar-refractivity contribution >= 4 is 11.6 Å². The van der Waals surface area contributed by atoms with Gasteiger partial charge in [0.15, 0.2) is 0 Å². The first-order valence-corrected chi connectivity index (χ1v) is 6.58. The summed E-state index contributed by atoms with van der Waals surface area (Å²) < 4.78 is 6.85. The van der Waals surface area contributed by atoms with Gasteiger partial charge in [-0.05, 0) is 36.4 Å². The van der Waals surface area contributed by atoms with Crippen molar-refractivity contribution in [1.29, 1.82) is 0 Å². The maximum absolute atomic E-state index is 11.8. The zero-order valence-electron chi connectivity index (χ0n) is 11.3. The molecule has 0 bridgehead atoms. The molecule has 0 atom stereocenters. The normalized spacial score (nSPS) is 10.5. The van der Waals surface area contributed by atoms with E-state index in [9.17, 15) is 4.79 Å². The lowest BCUT2D eigenvalue weighted by atomic mass is 10.2. The Morgan fingerprint density at radius 1 is 1.24 bits per heavy atom. The summed E-state index contributed by atoms with van der Waals surface area (Å²) in [6.07, 6.45) is 5.69. The number of hydrogen-bond donors (Lipinski definition) is 1. The molecule has 1 aromatic carbocycles. The van der Waals surface area contributed by atoms with E-state index in [0.29, 0.717) is 12.8 Å².